The molecule has 4 heterocycles. The van der Waals surface area contributed by atoms with E-state index in [9.17, 15) is 14.0 Å². The van der Waals surface area contributed by atoms with Gasteiger partial charge in [-0.25, -0.2) is 19.3 Å². The van der Waals surface area contributed by atoms with Crippen LogP contribution < -0.4 is 9.64 Å². The molecule has 2 aliphatic carbocycles. The van der Waals surface area contributed by atoms with Crippen molar-refractivity contribution in [2.75, 3.05) is 31.1 Å². The Balaban J connectivity index is 0.842. The third kappa shape index (κ3) is 6.28. The van der Waals surface area contributed by atoms with E-state index in [4.69, 9.17) is 4.74 Å². The van der Waals surface area contributed by atoms with Gasteiger partial charge in [0.15, 0.2) is 5.78 Å². The summed E-state index contributed by atoms with van der Waals surface area (Å²) in [5.74, 6) is 3.89. The molecule has 43 heavy (non-hydrogen) atoms. The zero-order chi connectivity index (χ0) is 29.5. The van der Waals surface area contributed by atoms with E-state index in [1.807, 2.05) is 30.1 Å². The van der Waals surface area contributed by atoms with Gasteiger partial charge in [0.2, 0.25) is 11.9 Å². The number of ketones is 1. The summed E-state index contributed by atoms with van der Waals surface area (Å²) >= 11 is 0. The van der Waals surface area contributed by atoms with Gasteiger partial charge >= 0.3 is 0 Å². The van der Waals surface area contributed by atoms with Gasteiger partial charge in [-0.15, -0.1) is 0 Å². The van der Waals surface area contributed by atoms with Crippen molar-refractivity contribution in [2.24, 2.45) is 23.7 Å². The molecule has 3 aromatic rings. The van der Waals surface area contributed by atoms with Gasteiger partial charge in [-0.2, -0.15) is 0 Å². The average molecular weight is 587 g/mol. The Hall–Kier alpha value is -3.82. The Morgan fingerprint density at radius 3 is 2.58 bits per heavy atom. The van der Waals surface area contributed by atoms with Crippen LogP contribution in [-0.2, 0) is 24.3 Å². The predicted octanol–water partition coefficient (Wildman–Crippen LogP) is 4.62. The molecule has 0 N–H and O–H groups in total. The van der Waals surface area contributed by atoms with Crippen LogP contribution in [0.5, 0.6) is 5.75 Å². The normalized spacial score (nSPS) is 21.9. The quantitative estimate of drug-likeness (QED) is 0.320. The molecule has 2 atom stereocenters. The number of Topliss-reactive ketones (excluding diaryl/α,β-unsaturated/α-hetero) is 1. The zero-order valence-corrected chi connectivity index (χ0v) is 24.8. The minimum Gasteiger partial charge on any atom is -0.493 e. The van der Waals surface area contributed by atoms with Gasteiger partial charge in [-0.1, -0.05) is 6.07 Å². The van der Waals surface area contributed by atoms with Crippen molar-refractivity contribution >= 4 is 17.6 Å². The van der Waals surface area contributed by atoms with Crippen molar-refractivity contribution in [2.45, 2.75) is 65.0 Å². The lowest BCUT2D eigenvalue weighted by Gasteiger charge is -2.32. The number of aromatic nitrogens is 4. The first-order valence-electron chi connectivity index (χ1n) is 15.7. The second kappa shape index (κ2) is 11.7. The van der Waals surface area contributed by atoms with Gasteiger partial charge in [0.05, 0.1) is 19.6 Å². The monoisotopic (exact) mass is 586 g/mol. The number of benzene rings is 1. The number of carbonyl (C=O) groups is 2. The second-order valence-electron chi connectivity index (χ2n) is 12.8. The molecule has 2 aromatic heterocycles. The molecular formula is C33H39FN6O3. The molecule has 1 saturated heterocycles. The third-order valence-corrected chi connectivity index (χ3v) is 9.65. The van der Waals surface area contributed by atoms with Gasteiger partial charge in [0.25, 0.3) is 0 Å². The van der Waals surface area contributed by atoms with Gasteiger partial charge in [0, 0.05) is 56.8 Å². The number of hydrogen-bond donors (Lipinski definition) is 0. The fourth-order valence-corrected chi connectivity index (χ4v) is 6.76. The van der Waals surface area contributed by atoms with E-state index in [0.717, 1.165) is 55.7 Å². The molecule has 7 rings (SSSR count). The number of carbonyl (C=O) groups excluding carboxylic acids is 2. The highest BCUT2D eigenvalue weighted by atomic mass is 19.1. The summed E-state index contributed by atoms with van der Waals surface area (Å²) in [6.07, 6.45) is 12.0. The number of piperidine rings is 1. The van der Waals surface area contributed by atoms with Crippen LogP contribution in [0, 0.1) is 36.4 Å². The van der Waals surface area contributed by atoms with Crippen molar-refractivity contribution < 1.29 is 18.7 Å². The van der Waals surface area contributed by atoms with Crippen molar-refractivity contribution in [3.05, 3.63) is 65.3 Å². The maximum absolute atomic E-state index is 14.9. The summed E-state index contributed by atoms with van der Waals surface area (Å²) < 4.78 is 22.8. The molecule has 0 bridgehead atoms. The van der Waals surface area contributed by atoms with Crippen LogP contribution in [0.4, 0.5) is 10.3 Å². The minimum absolute atomic E-state index is 0.0146. The van der Waals surface area contributed by atoms with Crippen molar-refractivity contribution in [1.29, 1.82) is 0 Å². The van der Waals surface area contributed by atoms with Gasteiger partial charge < -0.3 is 19.1 Å². The molecule has 2 aliphatic heterocycles. The van der Waals surface area contributed by atoms with Crippen LogP contribution >= 0.6 is 0 Å². The van der Waals surface area contributed by atoms with E-state index in [1.165, 1.54) is 25.3 Å². The lowest BCUT2D eigenvalue weighted by atomic mass is 9.90. The molecule has 226 valence electrons. The molecule has 3 fully saturated rings. The third-order valence-electron chi connectivity index (χ3n) is 9.65. The Labute approximate surface area is 251 Å². The van der Waals surface area contributed by atoms with Crippen LogP contribution in [0.25, 0.3) is 0 Å². The number of ether oxygens (including phenoxy) is 1. The number of hydrogen-bond acceptors (Lipinski definition) is 7. The summed E-state index contributed by atoms with van der Waals surface area (Å²) in [6, 6.07) is 4.82. The highest BCUT2D eigenvalue weighted by molar-refractivity contribution is 5.97. The molecule has 1 amide bonds. The Kier molecular flexibility index (Phi) is 7.61. The van der Waals surface area contributed by atoms with Crippen molar-refractivity contribution in [3.63, 3.8) is 0 Å². The fourth-order valence-electron chi connectivity index (χ4n) is 6.76. The zero-order valence-electron chi connectivity index (χ0n) is 24.8. The summed E-state index contributed by atoms with van der Waals surface area (Å²) in [4.78, 5) is 42.8. The molecule has 1 aromatic carbocycles. The van der Waals surface area contributed by atoms with Crippen LogP contribution in [0.2, 0.25) is 0 Å². The fraction of sp³-hybridized carbons (Fsp3) is 0.545. The summed E-state index contributed by atoms with van der Waals surface area (Å²) in [5, 5.41) is 0. The molecule has 4 aliphatic rings. The van der Waals surface area contributed by atoms with Crippen LogP contribution in [0.3, 0.4) is 0 Å². The SMILES string of the molecule is Cc1cnc(N2CCC([C@H]3C[C@H]3CCOc3ccc(CC(=O)N4CCn5cc(C(=O)C6CC6)nc5C4)c(F)c3)CC2)nc1. The number of anilines is 1. The van der Waals surface area contributed by atoms with E-state index in [0.29, 0.717) is 55.0 Å². The number of rotatable bonds is 10. The summed E-state index contributed by atoms with van der Waals surface area (Å²) in [6.45, 7) is 6.03. The number of nitrogens with zero attached hydrogens (tertiary/aromatic N) is 6. The number of imidazole rings is 1. The Morgan fingerprint density at radius 1 is 1.05 bits per heavy atom. The van der Waals surface area contributed by atoms with E-state index < -0.39 is 5.82 Å². The lowest BCUT2D eigenvalue weighted by molar-refractivity contribution is -0.132. The molecule has 0 spiro atoms. The van der Waals surface area contributed by atoms with Gasteiger partial charge in [-0.05, 0) is 80.4 Å². The summed E-state index contributed by atoms with van der Waals surface area (Å²) in [7, 11) is 0. The molecule has 9 nitrogen and oxygen atoms in total. The minimum atomic E-state index is -0.421. The van der Waals surface area contributed by atoms with Crippen molar-refractivity contribution in [1.82, 2.24) is 24.4 Å². The number of halogens is 1. The van der Waals surface area contributed by atoms with E-state index in [-0.39, 0.29) is 24.0 Å². The van der Waals surface area contributed by atoms with Crippen LogP contribution in [0.15, 0.2) is 36.8 Å². The van der Waals surface area contributed by atoms with E-state index >= 15 is 0 Å². The number of amides is 1. The lowest BCUT2D eigenvalue weighted by Crippen LogP contribution is -2.39. The van der Waals surface area contributed by atoms with Crippen molar-refractivity contribution in [3.8, 4) is 5.75 Å². The molecular weight excluding hydrogens is 547 g/mol. The van der Waals surface area contributed by atoms with E-state index in [1.54, 1.807) is 17.0 Å². The molecule has 10 heteroatoms. The Morgan fingerprint density at radius 2 is 1.84 bits per heavy atom. The number of aryl methyl sites for hydroxylation is 1. The topological polar surface area (TPSA) is 93.5 Å². The van der Waals surface area contributed by atoms with Gasteiger partial charge in [-0.3, -0.25) is 9.59 Å². The van der Waals surface area contributed by atoms with E-state index in [2.05, 4.69) is 19.9 Å². The maximum atomic E-state index is 14.9. The van der Waals surface area contributed by atoms with Gasteiger partial charge in [0.1, 0.15) is 23.1 Å². The first-order valence-corrected chi connectivity index (χ1v) is 15.7. The Bertz CT molecular complexity index is 1490. The average Bonchev–Trinajstić information content (AvgIpc) is 3.95. The van der Waals surface area contributed by atoms with Crippen LogP contribution in [-0.4, -0.2) is 62.4 Å². The predicted molar refractivity (Wildman–Crippen MR) is 158 cm³/mol. The standard InChI is InChI=1S/C33H39FN6O3/c1-21-17-35-33(36-18-21)38-9-6-22(7-10-38)27-14-24(27)8-13-43-26-5-4-25(28(34)16-26)15-31(41)40-12-11-39-19-29(37-30(39)20-40)32(42)23-2-3-23/h4-5,16-19,22-24,27H,2-3,6-15,20H2,1H3/t24-,27-/m1/s1. The first kappa shape index (κ1) is 28.0. The molecule has 0 radical (unpaired) electrons. The van der Waals surface area contributed by atoms with Crippen LogP contribution in [0.1, 0.15) is 66.0 Å². The number of fused-ring (bicyclic) bond motifs is 1. The first-order chi connectivity index (χ1) is 20.9. The largest absolute Gasteiger partial charge is 0.493 e. The maximum Gasteiger partial charge on any atom is 0.227 e. The highest BCUT2D eigenvalue weighted by Crippen LogP contribution is 2.50. The smallest absolute Gasteiger partial charge is 0.227 e. The molecule has 0 unspecified atom stereocenters. The highest BCUT2D eigenvalue weighted by Gasteiger charge is 2.43. The molecule has 2 saturated carbocycles. The second-order valence-corrected chi connectivity index (χ2v) is 12.8. The summed E-state index contributed by atoms with van der Waals surface area (Å²) in [5.41, 5.74) is 1.94.